The Morgan fingerprint density at radius 1 is 1.00 bits per heavy atom. The Bertz CT molecular complexity index is 1200. The third-order valence-corrected chi connectivity index (χ3v) is 5.36. The number of ether oxygens (including phenoxy) is 3. The van der Waals surface area contributed by atoms with Crippen LogP contribution in [0.2, 0.25) is 0 Å². The van der Waals surface area contributed by atoms with Gasteiger partial charge in [0.1, 0.15) is 46.9 Å². The van der Waals surface area contributed by atoms with Crippen molar-refractivity contribution in [3.63, 3.8) is 0 Å². The SMILES string of the molecule is COc1c(O[C@@H]2O[C@H](CO)[C@@H](O)[C@@H](O)[C@H]2O)cc2oc(-c3ccc(O)cc3)cc(=O)c2c1O. The third-order valence-electron chi connectivity index (χ3n) is 5.36. The fourth-order valence-corrected chi connectivity index (χ4v) is 3.60. The molecule has 5 atom stereocenters. The first kappa shape index (κ1) is 22.8. The number of phenolic OH excluding ortho intramolecular Hbond substituents is 2. The first-order chi connectivity index (χ1) is 15.7. The zero-order chi connectivity index (χ0) is 23.9. The molecule has 2 heterocycles. The second-order valence-electron chi connectivity index (χ2n) is 7.47. The highest BCUT2D eigenvalue weighted by Gasteiger charge is 2.45. The van der Waals surface area contributed by atoms with Crippen LogP contribution in [0.15, 0.2) is 45.6 Å². The normalized spacial score (nSPS) is 25.2. The monoisotopic (exact) mass is 462 g/mol. The second kappa shape index (κ2) is 8.89. The highest BCUT2D eigenvalue weighted by molar-refractivity contribution is 5.89. The first-order valence-corrected chi connectivity index (χ1v) is 9.89. The van der Waals surface area contributed by atoms with Gasteiger partial charge in [-0.15, -0.1) is 0 Å². The molecule has 11 nitrogen and oxygen atoms in total. The lowest BCUT2D eigenvalue weighted by molar-refractivity contribution is -0.277. The zero-order valence-electron chi connectivity index (χ0n) is 17.3. The number of aromatic hydroxyl groups is 2. The van der Waals surface area contributed by atoms with Gasteiger partial charge < -0.3 is 49.3 Å². The van der Waals surface area contributed by atoms with Crippen LogP contribution in [0, 0.1) is 0 Å². The van der Waals surface area contributed by atoms with Gasteiger partial charge in [-0.05, 0) is 24.3 Å². The van der Waals surface area contributed by atoms with Crippen LogP contribution in [0.25, 0.3) is 22.3 Å². The van der Waals surface area contributed by atoms with E-state index in [0.29, 0.717) is 5.56 Å². The molecule has 0 saturated carbocycles. The number of fused-ring (bicyclic) bond motifs is 1. The lowest BCUT2D eigenvalue weighted by Crippen LogP contribution is -2.60. The predicted octanol–water partition coefficient (Wildman–Crippen LogP) is 0.0585. The van der Waals surface area contributed by atoms with E-state index in [2.05, 4.69) is 0 Å². The Hall–Kier alpha value is -3.35. The molecule has 1 aromatic heterocycles. The molecule has 0 bridgehead atoms. The average molecular weight is 462 g/mol. The number of aliphatic hydroxyl groups is 4. The van der Waals surface area contributed by atoms with E-state index in [0.717, 1.165) is 0 Å². The van der Waals surface area contributed by atoms with Gasteiger partial charge in [0.15, 0.2) is 16.9 Å². The summed E-state index contributed by atoms with van der Waals surface area (Å²) in [4.78, 5) is 12.7. The number of aliphatic hydroxyl groups excluding tert-OH is 4. The van der Waals surface area contributed by atoms with E-state index in [-0.39, 0.29) is 34.0 Å². The van der Waals surface area contributed by atoms with Gasteiger partial charge in [-0.3, -0.25) is 4.79 Å². The van der Waals surface area contributed by atoms with Crippen LogP contribution in [-0.2, 0) is 4.74 Å². The molecule has 1 aliphatic rings. The molecule has 6 N–H and O–H groups in total. The molecule has 1 saturated heterocycles. The molecule has 0 unspecified atom stereocenters. The van der Waals surface area contributed by atoms with Crippen LogP contribution >= 0.6 is 0 Å². The van der Waals surface area contributed by atoms with Crippen molar-refractivity contribution >= 4 is 11.0 Å². The Morgan fingerprint density at radius 3 is 2.33 bits per heavy atom. The Kier molecular flexibility index (Phi) is 6.15. The van der Waals surface area contributed by atoms with E-state index >= 15 is 0 Å². The smallest absolute Gasteiger partial charge is 0.229 e. The highest BCUT2D eigenvalue weighted by Crippen LogP contribution is 2.43. The van der Waals surface area contributed by atoms with Crippen LogP contribution < -0.4 is 14.9 Å². The van der Waals surface area contributed by atoms with Gasteiger partial charge in [0, 0.05) is 17.7 Å². The van der Waals surface area contributed by atoms with Crippen molar-refractivity contribution in [3.8, 4) is 34.3 Å². The predicted molar refractivity (Wildman–Crippen MR) is 112 cm³/mol. The van der Waals surface area contributed by atoms with Gasteiger partial charge in [-0.1, -0.05) is 0 Å². The Morgan fingerprint density at radius 2 is 1.70 bits per heavy atom. The van der Waals surface area contributed by atoms with Crippen molar-refractivity contribution in [1.29, 1.82) is 0 Å². The summed E-state index contributed by atoms with van der Waals surface area (Å²) in [6.07, 6.45) is -7.74. The molecule has 0 amide bonds. The molecular weight excluding hydrogens is 440 g/mol. The van der Waals surface area contributed by atoms with Crippen molar-refractivity contribution in [2.75, 3.05) is 13.7 Å². The number of phenols is 2. The van der Waals surface area contributed by atoms with Crippen molar-refractivity contribution in [2.45, 2.75) is 30.7 Å². The lowest BCUT2D eigenvalue weighted by atomic mass is 9.99. The van der Waals surface area contributed by atoms with E-state index in [1.165, 1.54) is 43.5 Å². The number of hydrogen-bond donors (Lipinski definition) is 6. The molecule has 4 rings (SSSR count). The van der Waals surface area contributed by atoms with Crippen molar-refractivity contribution in [3.05, 3.63) is 46.6 Å². The molecule has 11 heteroatoms. The molecule has 0 radical (unpaired) electrons. The van der Waals surface area contributed by atoms with Gasteiger partial charge in [-0.2, -0.15) is 0 Å². The van der Waals surface area contributed by atoms with Gasteiger partial charge in [0.05, 0.1) is 13.7 Å². The zero-order valence-corrected chi connectivity index (χ0v) is 17.3. The van der Waals surface area contributed by atoms with Crippen molar-refractivity contribution < 1.29 is 49.3 Å². The number of hydrogen-bond acceptors (Lipinski definition) is 11. The van der Waals surface area contributed by atoms with E-state index in [1.54, 1.807) is 0 Å². The first-order valence-electron chi connectivity index (χ1n) is 9.89. The minimum absolute atomic E-state index is 0.0273. The largest absolute Gasteiger partial charge is 0.508 e. The summed E-state index contributed by atoms with van der Waals surface area (Å²) in [6.45, 7) is -0.657. The van der Waals surface area contributed by atoms with Crippen molar-refractivity contribution in [2.24, 2.45) is 0 Å². The van der Waals surface area contributed by atoms with Gasteiger partial charge in [0.2, 0.25) is 12.0 Å². The summed E-state index contributed by atoms with van der Waals surface area (Å²) >= 11 is 0. The van der Waals surface area contributed by atoms with E-state index in [9.17, 15) is 35.4 Å². The molecule has 3 aromatic rings. The molecule has 0 spiro atoms. The summed E-state index contributed by atoms with van der Waals surface area (Å²) < 4.78 is 21.9. The van der Waals surface area contributed by atoms with E-state index in [1.807, 2.05) is 0 Å². The maximum atomic E-state index is 12.7. The second-order valence-corrected chi connectivity index (χ2v) is 7.47. The maximum absolute atomic E-state index is 12.7. The van der Waals surface area contributed by atoms with Crippen LogP contribution in [0.5, 0.6) is 23.0 Å². The van der Waals surface area contributed by atoms with Gasteiger partial charge in [-0.25, -0.2) is 0 Å². The number of benzene rings is 2. The number of rotatable bonds is 5. The quantitative estimate of drug-likeness (QED) is 0.302. The summed E-state index contributed by atoms with van der Waals surface area (Å²) in [5.41, 5.74) is -0.170. The maximum Gasteiger partial charge on any atom is 0.229 e. The van der Waals surface area contributed by atoms with Gasteiger partial charge >= 0.3 is 0 Å². The summed E-state index contributed by atoms with van der Waals surface area (Å²) in [7, 11) is 1.22. The topological polar surface area (TPSA) is 179 Å². The van der Waals surface area contributed by atoms with E-state index in [4.69, 9.17) is 18.6 Å². The standard InChI is InChI=1S/C22H22O11/c1-30-21-14(32-22-20(29)19(28)17(26)15(8-23)33-22)7-13-16(18(21)27)11(25)6-12(31-13)9-2-4-10(24)5-3-9/h2-7,15,17,19-20,22-24,26-29H,8H2,1H3/t15-,17-,19-,20-,22-/m1/s1. The van der Waals surface area contributed by atoms with Crippen LogP contribution in [0.4, 0.5) is 0 Å². The van der Waals surface area contributed by atoms with E-state index < -0.39 is 48.5 Å². The molecule has 1 fully saturated rings. The fraction of sp³-hybridized carbons (Fsp3) is 0.318. The van der Waals surface area contributed by atoms with Crippen molar-refractivity contribution in [1.82, 2.24) is 0 Å². The fourth-order valence-electron chi connectivity index (χ4n) is 3.60. The average Bonchev–Trinajstić information content (AvgIpc) is 2.79. The summed E-state index contributed by atoms with van der Waals surface area (Å²) in [5, 5.41) is 59.5. The third kappa shape index (κ3) is 4.08. The highest BCUT2D eigenvalue weighted by atomic mass is 16.7. The minimum atomic E-state index is -1.71. The molecule has 0 aliphatic carbocycles. The molecule has 1 aliphatic heterocycles. The van der Waals surface area contributed by atoms with Crippen LogP contribution in [-0.4, -0.2) is 75.1 Å². The molecule has 33 heavy (non-hydrogen) atoms. The van der Waals surface area contributed by atoms with Gasteiger partial charge in [0.25, 0.3) is 0 Å². The van der Waals surface area contributed by atoms with Crippen LogP contribution in [0.1, 0.15) is 0 Å². The Balaban J connectivity index is 1.79. The Labute approximate surface area is 186 Å². The summed E-state index contributed by atoms with van der Waals surface area (Å²) in [6, 6.07) is 8.31. The summed E-state index contributed by atoms with van der Waals surface area (Å²) in [5.74, 6) is -0.863. The molecule has 2 aromatic carbocycles. The number of methoxy groups -OCH3 is 1. The molecule has 176 valence electrons. The minimum Gasteiger partial charge on any atom is -0.508 e. The molecular formula is C22H22O11. The lowest BCUT2D eigenvalue weighted by Gasteiger charge is -2.39. The van der Waals surface area contributed by atoms with Crippen LogP contribution in [0.3, 0.4) is 0 Å².